The summed E-state index contributed by atoms with van der Waals surface area (Å²) in [5, 5.41) is 0. The third kappa shape index (κ3) is 4.07. The van der Waals surface area contributed by atoms with Crippen molar-refractivity contribution in [2.24, 2.45) is 5.73 Å². The lowest BCUT2D eigenvalue weighted by Crippen LogP contribution is -2.29. The standard InChI is InChI=1S/C16H19FN2O/c17-15-10-13(5-4-7-18)9-14(11-15)12-19-8-3-1-2-6-16(19)20/h9-11H,1-3,6-8,12,18H2. The molecule has 1 fully saturated rings. The number of nitrogens with two attached hydrogens (primary N) is 1. The van der Waals surface area contributed by atoms with Crippen LogP contribution in [0.4, 0.5) is 4.39 Å². The van der Waals surface area contributed by atoms with Gasteiger partial charge < -0.3 is 10.6 Å². The molecule has 0 saturated carbocycles. The zero-order valence-corrected chi connectivity index (χ0v) is 11.5. The van der Waals surface area contributed by atoms with Gasteiger partial charge in [0.2, 0.25) is 5.91 Å². The highest BCUT2D eigenvalue weighted by atomic mass is 19.1. The Morgan fingerprint density at radius 2 is 2.10 bits per heavy atom. The van der Waals surface area contributed by atoms with Crippen LogP contribution in [-0.4, -0.2) is 23.9 Å². The second kappa shape index (κ2) is 7.06. The van der Waals surface area contributed by atoms with Crippen LogP contribution in [0.25, 0.3) is 0 Å². The molecule has 0 radical (unpaired) electrons. The molecule has 0 atom stereocenters. The predicted octanol–water partition coefficient (Wildman–Crippen LogP) is 2.04. The van der Waals surface area contributed by atoms with Crippen LogP contribution in [0.5, 0.6) is 0 Å². The zero-order valence-electron chi connectivity index (χ0n) is 11.5. The van der Waals surface area contributed by atoms with Crippen molar-refractivity contribution in [3.05, 3.63) is 35.1 Å². The minimum absolute atomic E-state index is 0.154. The summed E-state index contributed by atoms with van der Waals surface area (Å²) >= 11 is 0. The predicted molar refractivity (Wildman–Crippen MR) is 76.2 cm³/mol. The van der Waals surface area contributed by atoms with E-state index in [1.807, 2.05) is 11.0 Å². The van der Waals surface area contributed by atoms with Gasteiger partial charge in [0.25, 0.3) is 0 Å². The summed E-state index contributed by atoms with van der Waals surface area (Å²) in [4.78, 5) is 13.8. The molecular weight excluding hydrogens is 255 g/mol. The van der Waals surface area contributed by atoms with Crippen LogP contribution in [0.1, 0.15) is 36.8 Å². The number of nitrogens with zero attached hydrogens (tertiary/aromatic N) is 1. The summed E-state index contributed by atoms with van der Waals surface area (Å²) in [6.45, 7) is 1.45. The topological polar surface area (TPSA) is 46.3 Å². The smallest absolute Gasteiger partial charge is 0.222 e. The van der Waals surface area contributed by atoms with Gasteiger partial charge >= 0.3 is 0 Å². The first-order valence-corrected chi connectivity index (χ1v) is 6.95. The Morgan fingerprint density at radius 3 is 2.90 bits per heavy atom. The van der Waals surface area contributed by atoms with Gasteiger partial charge in [-0.15, -0.1) is 0 Å². The molecule has 0 aromatic heterocycles. The van der Waals surface area contributed by atoms with E-state index in [2.05, 4.69) is 11.8 Å². The third-order valence-electron chi connectivity index (χ3n) is 3.34. The van der Waals surface area contributed by atoms with Crippen molar-refractivity contribution in [3.63, 3.8) is 0 Å². The van der Waals surface area contributed by atoms with Gasteiger partial charge in [0.05, 0.1) is 6.54 Å². The van der Waals surface area contributed by atoms with Gasteiger partial charge in [0, 0.05) is 25.1 Å². The number of benzene rings is 1. The lowest BCUT2D eigenvalue weighted by molar-refractivity contribution is -0.131. The van der Waals surface area contributed by atoms with E-state index in [-0.39, 0.29) is 18.3 Å². The Balaban J connectivity index is 2.15. The Kier molecular flexibility index (Phi) is 5.14. The highest BCUT2D eigenvalue weighted by Gasteiger charge is 2.17. The summed E-state index contributed by atoms with van der Waals surface area (Å²) in [5.41, 5.74) is 6.70. The molecule has 0 unspecified atom stereocenters. The van der Waals surface area contributed by atoms with Crippen molar-refractivity contribution in [1.82, 2.24) is 4.90 Å². The van der Waals surface area contributed by atoms with Crippen LogP contribution in [0.3, 0.4) is 0 Å². The number of hydrogen-bond donors (Lipinski definition) is 1. The van der Waals surface area contributed by atoms with Crippen LogP contribution < -0.4 is 5.73 Å². The number of halogens is 1. The lowest BCUT2D eigenvalue weighted by atomic mass is 10.1. The van der Waals surface area contributed by atoms with E-state index in [1.165, 1.54) is 12.1 Å². The average molecular weight is 274 g/mol. The highest BCUT2D eigenvalue weighted by molar-refractivity contribution is 5.76. The molecule has 2 N–H and O–H groups in total. The molecule has 20 heavy (non-hydrogen) atoms. The minimum Gasteiger partial charge on any atom is -0.338 e. The summed E-state index contributed by atoms with van der Waals surface area (Å²) in [7, 11) is 0. The molecule has 2 rings (SSSR count). The maximum absolute atomic E-state index is 13.6. The number of likely N-dealkylation sites (tertiary alicyclic amines) is 1. The molecule has 0 bridgehead atoms. The van der Waals surface area contributed by atoms with Crippen molar-refractivity contribution in [2.75, 3.05) is 13.1 Å². The number of carbonyl (C=O) groups is 1. The largest absolute Gasteiger partial charge is 0.338 e. The molecule has 0 aliphatic carbocycles. The van der Waals surface area contributed by atoms with E-state index in [0.29, 0.717) is 18.5 Å². The van der Waals surface area contributed by atoms with E-state index in [0.717, 1.165) is 31.4 Å². The van der Waals surface area contributed by atoms with Gasteiger partial charge in [-0.3, -0.25) is 4.79 Å². The average Bonchev–Trinajstić information content (AvgIpc) is 2.61. The minimum atomic E-state index is -0.328. The molecule has 1 aromatic rings. The van der Waals surface area contributed by atoms with Gasteiger partial charge in [-0.25, -0.2) is 4.39 Å². The van der Waals surface area contributed by atoms with Crippen LogP contribution in [0.2, 0.25) is 0 Å². The molecule has 1 amide bonds. The Morgan fingerprint density at radius 1 is 1.25 bits per heavy atom. The second-order valence-corrected chi connectivity index (χ2v) is 4.98. The van der Waals surface area contributed by atoms with Crippen molar-refractivity contribution in [2.45, 2.75) is 32.2 Å². The number of hydrogen-bond acceptors (Lipinski definition) is 2. The molecule has 1 aromatic carbocycles. The van der Waals surface area contributed by atoms with E-state index in [1.54, 1.807) is 0 Å². The van der Waals surface area contributed by atoms with Crippen LogP contribution in [0.15, 0.2) is 18.2 Å². The first kappa shape index (κ1) is 14.5. The van der Waals surface area contributed by atoms with Gasteiger partial charge in [-0.2, -0.15) is 0 Å². The van der Waals surface area contributed by atoms with Crippen LogP contribution in [-0.2, 0) is 11.3 Å². The van der Waals surface area contributed by atoms with Gasteiger partial charge in [0.15, 0.2) is 0 Å². The quantitative estimate of drug-likeness (QED) is 0.839. The normalized spacial score (nSPS) is 15.5. The molecule has 3 nitrogen and oxygen atoms in total. The maximum atomic E-state index is 13.6. The summed E-state index contributed by atoms with van der Waals surface area (Å²) in [6.07, 6.45) is 3.64. The van der Waals surface area contributed by atoms with Gasteiger partial charge in [-0.1, -0.05) is 18.3 Å². The van der Waals surface area contributed by atoms with Crippen LogP contribution >= 0.6 is 0 Å². The molecule has 1 aliphatic rings. The molecule has 106 valence electrons. The number of carbonyl (C=O) groups excluding carboxylic acids is 1. The monoisotopic (exact) mass is 274 g/mol. The Bertz CT molecular complexity index is 545. The fourth-order valence-electron chi connectivity index (χ4n) is 2.39. The van der Waals surface area contributed by atoms with Crippen molar-refractivity contribution >= 4 is 5.91 Å². The van der Waals surface area contributed by atoms with E-state index < -0.39 is 0 Å². The molecule has 4 heteroatoms. The first-order valence-electron chi connectivity index (χ1n) is 6.95. The molecule has 1 heterocycles. The van der Waals surface area contributed by atoms with Crippen molar-refractivity contribution < 1.29 is 9.18 Å². The number of amides is 1. The lowest BCUT2D eigenvalue weighted by Gasteiger charge is -2.20. The molecular formula is C16H19FN2O. The summed E-state index contributed by atoms with van der Waals surface area (Å²) in [6, 6.07) is 4.67. The molecule has 0 spiro atoms. The SMILES string of the molecule is NCC#Cc1cc(F)cc(CN2CCCCCC2=O)c1. The maximum Gasteiger partial charge on any atom is 0.222 e. The second-order valence-electron chi connectivity index (χ2n) is 4.98. The van der Waals surface area contributed by atoms with E-state index in [4.69, 9.17) is 5.73 Å². The molecule has 1 aliphatic heterocycles. The fourth-order valence-corrected chi connectivity index (χ4v) is 2.39. The van der Waals surface area contributed by atoms with Crippen molar-refractivity contribution in [3.8, 4) is 11.8 Å². The molecule has 1 saturated heterocycles. The summed E-state index contributed by atoms with van der Waals surface area (Å²) in [5.74, 6) is 5.37. The van der Waals surface area contributed by atoms with Crippen LogP contribution in [0, 0.1) is 17.7 Å². The number of rotatable bonds is 2. The first-order chi connectivity index (χ1) is 9.69. The third-order valence-corrected chi connectivity index (χ3v) is 3.34. The fraction of sp³-hybridized carbons (Fsp3) is 0.438. The Labute approximate surface area is 119 Å². The van der Waals surface area contributed by atoms with E-state index >= 15 is 0 Å². The van der Waals surface area contributed by atoms with Gasteiger partial charge in [-0.05, 0) is 36.6 Å². The zero-order chi connectivity index (χ0) is 14.4. The summed E-state index contributed by atoms with van der Waals surface area (Å²) < 4.78 is 13.6. The van der Waals surface area contributed by atoms with Gasteiger partial charge in [0.1, 0.15) is 5.82 Å². The Hall–Kier alpha value is -1.86. The van der Waals surface area contributed by atoms with E-state index in [9.17, 15) is 9.18 Å². The van der Waals surface area contributed by atoms with Crippen molar-refractivity contribution in [1.29, 1.82) is 0 Å². The highest BCUT2D eigenvalue weighted by Crippen LogP contribution is 2.16.